The predicted molar refractivity (Wildman–Crippen MR) is 80.8 cm³/mol. The summed E-state index contributed by atoms with van der Waals surface area (Å²) in [5.41, 5.74) is -0.619. The Balaban J connectivity index is 2.27. The van der Waals surface area contributed by atoms with Gasteiger partial charge in [-0.1, -0.05) is 6.07 Å². The molecule has 1 saturated carbocycles. The zero-order chi connectivity index (χ0) is 15.9. The van der Waals surface area contributed by atoms with Gasteiger partial charge in [-0.05, 0) is 18.9 Å². The van der Waals surface area contributed by atoms with Crippen molar-refractivity contribution in [3.63, 3.8) is 0 Å². The molecule has 8 nitrogen and oxygen atoms in total. The smallest absolute Gasteiger partial charge is 0.337 e. The molecule has 2 aromatic rings. The minimum atomic E-state index is -0.523. The highest BCUT2D eigenvalue weighted by molar-refractivity contribution is 5.49. The Morgan fingerprint density at radius 2 is 2.00 bits per heavy atom. The third kappa shape index (κ3) is 2.28. The fourth-order valence-corrected chi connectivity index (χ4v) is 2.40. The van der Waals surface area contributed by atoms with Crippen LogP contribution in [0.4, 0.5) is 11.5 Å². The number of aromatic nitrogens is 2. The third-order valence-electron chi connectivity index (χ3n) is 3.60. The second-order valence-corrected chi connectivity index (χ2v) is 5.11. The minimum absolute atomic E-state index is 0.0733. The van der Waals surface area contributed by atoms with Gasteiger partial charge in [0.05, 0.1) is 10.6 Å². The van der Waals surface area contributed by atoms with Gasteiger partial charge in [-0.25, -0.2) is 9.36 Å². The Labute approximate surface area is 124 Å². The fourth-order valence-electron chi connectivity index (χ4n) is 2.40. The number of nitrogens with zero attached hydrogens (tertiary/aromatic N) is 3. The first-order valence-corrected chi connectivity index (χ1v) is 6.84. The molecule has 1 fully saturated rings. The molecule has 22 heavy (non-hydrogen) atoms. The lowest BCUT2D eigenvalue weighted by molar-refractivity contribution is -0.384. The molecule has 114 valence electrons. The molecule has 0 aliphatic heterocycles. The fraction of sp³-hybridized carbons (Fsp3) is 0.286. The minimum Gasteiger partial charge on any atom is -0.374 e. The highest BCUT2D eigenvalue weighted by atomic mass is 16.6. The van der Waals surface area contributed by atoms with Crippen LogP contribution in [0.25, 0.3) is 5.69 Å². The summed E-state index contributed by atoms with van der Waals surface area (Å²) in [5, 5.41) is 13.7. The first-order valence-electron chi connectivity index (χ1n) is 6.84. The second-order valence-electron chi connectivity index (χ2n) is 5.11. The number of rotatable bonds is 4. The SMILES string of the molecule is CNc1cc(=O)n(C2CC2)c(=O)n1-c1cccc([N+](=O)[O-])c1. The zero-order valence-electron chi connectivity index (χ0n) is 11.9. The summed E-state index contributed by atoms with van der Waals surface area (Å²) in [6.07, 6.45) is 1.59. The molecule has 0 spiro atoms. The van der Waals surface area contributed by atoms with Gasteiger partial charge in [0.2, 0.25) is 0 Å². The van der Waals surface area contributed by atoms with E-state index < -0.39 is 10.6 Å². The second kappa shape index (κ2) is 5.14. The number of anilines is 1. The molecule has 0 amide bonds. The Kier molecular flexibility index (Phi) is 3.28. The molecule has 1 aliphatic carbocycles. The van der Waals surface area contributed by atoms with Crippen molar-refractivity contribution >= 4 is 11.5 Å². The summed E-state index contributed by atoms with van der Waals surface area (Å²) in [6.45, 7) is 0. The van der Waals surface area contributed by atoms with Gasteiger partial charge in [0.25, 0.3) is 11.2 Å². The maximum absolute atomic E-state index is 12.6. The Bertz CT molecular complexity index is 864. The summed E-state index contributed by atoms with van der Waals surface area (Å²) < 4.78 is 2.49. The number of nitrogens with one attached hydrogen (secondary N) is 1. The van der Waals surface area contributed by atoms with E-state index in [2.05, 4.69) is 5.32 Å². The van der Waals surface area contributed by atoms with E-state index >= 15 is 0 Å². The molecule has 1 aliphatic rings. The summed E-state index contributed by atoms with van der Waals surface area (Å²) in [5.74, 6) is 0.299. The molecule has 3 rings (SSSR count). The Hall–Kier alpha value is -2.90. The van der Waals surface area contributed by atoms with Crippen LogP contribution in [-0.4, -0.2) is 21.1 Å². The van der Waals surface area contributed by atoms with E-state index in [4.69, 9.17) is 0 Å². The summed E-state index contributed by atoms with van der Waals surface area (Å²) in [6, 6.07) is 7.02. The molecule has 0 radical (unpaired) electrons. The van der Waals surface area contributed by atoms with Crippen molar-refractivity contribution < 1.29 is 4.92 Å². The molecule has 0 bridgehead atoms. The first kappa shape index (κ1) is 14.1. The van der Waals surface area contributed by atoms with E-state index in [1.807, 2.05) is 0 Å². The maximum Gasteiger partial charge on any atom is 0.337 e. The van der Waals surface area contributed by atoms with Gasteiger partial charge in [-0.3, -0.25) is 19.5 Å². The average Bonchev–Trinajstić information content (AvgIpc) is 3.31. The van der Waals surface area contributed by atoms with Gasteiger partial charge < -0.3 is 5.32 Å². The maximum atomic E-state index is 12.6. The van der Waals surface area contributed by atoms with Crippen LogP contribution in [0.2, 0.25) is 0 Å². The van der Waals surface area contributed by atoms with Crippen LogP contribution in [0, 0.1) is 10.1 Å². The Morgan fingerprint density at radius 1 is 1.27 bits per heavy atom. The molecule has 0 atom stereocenters. The lowest BCUT2D eigenvalue weighted by Gasteiger charge is -2.14. The first-order chi connectivity index (χ1) is 10.5. The molecule has 0 unspecified atom stereocenters. The van der Waals surface area contributed by atoms with Crippen LogP contribution >= 0.6 is 0 Å². The summed E-state index contributed by atoms with van der Waals surface area (Å²) in [7, 11) is 1.59. The van der Waals surface area contributed by atoms with Gasteiger partial charge in [-0.15, -0.1) is 0 Å². The Morgan fingerprint density at radius 3 is 2.59 bits per heavy atom. The zero-order valence-corrected chi connectivity index (χ0v) is 11.9. The van der Waals surface area contributed by atoms with Crippen LogP contribution in [-0.2, 0) is 0 Å². The molecule has 0 saturated heterocycles. The summed E-state index contributed by atoms with van der Waals surface area (Å²) in [4.78, 5) is 35.1. The lowest BCUT2D eigenvalue weighted by Crippen LogP contribution is -2.39. The van der Waals surface area contributed by atoms with Crippen LogP contribution in [0.15, 0.2) is 39.9 Å². The van der Waals surface area contributed by atoms with Crippen LogP contribution in [0.1, 0.15) is 18.9 Å². The van der Waals surface area contributed by atoms with E-state index in [-0.39, 0.29) is 17.3 Å². The standard InChI is InChI=1S/C14H14N4O4/c1-15-12-8-13(19)17(9-5-6-9)14(20)16(12)10-3-2-4-11(7-10)18(21)22/h2-4,7-9,15H,5-6H2,1H3. The molecule has 1 N–H and O–H groups in total. The van der Waals surface area contributed by atoms with Crippen molar-refractivity contribution in [1.82, 2.24) is 9.13 Å². The number of hydrogen-bond donors (Lipinski definition) is 1. The normalized spacial score (nSPS) is 13.9. The third-order valence-corrected chi connectivity index (χ3v) is 3.60. The number of nitro benzene ring substituents is 1. The molecule has 1 heterocycles. The topological polar surface area (TPSA) is 99.2 Å². The van der Waals surface area contributed by atoms with Crippen molar-refractivity contribution in [3.05, 3.63) is 61.3 Å². The van der Waals surface area contributed by atoms with Gasteiger partial charge in [0.15, 0.2) is 0 Å². The van der Waals surface area contributed by atoms with Crippen LogP contribution < -0.4 is 16.6 Å². The average molecular weight is 302 g/mol. The predicted octanol–water partition coefficient (Wildman–Crippen LogP) is 1.28. The van der Waals surface area contributed by atoms with Crippen LogP contribution in [0.3, 0.4) is 0 Å². The van der Waals surface area contributed by atoms with Crippen molar-refractivity contribution in [2.45, 2.75) is 18.9 Å². The van der Waals surface area contributed by atoms with Crippen LogP contribution in [0.5, 0.6) is 0 Å². The highest BCUT2D eigenvalue weighted by Gasteiger charge is 2.28. The number of benzene rings is 1. The number of non-ortho nitro benzene ring substituents is 1. The number of hydrogen-bond acceptors (Lipinski definition) is 5. The molecule has 1 aromatic heterocycles. The van der Waals surface area contributed by atoms with Gasteiger partial charge in [-0.2, -0.15) is 0 Å². The van der Waals surface area contributed by atoms with E-state index in [9.17, 15) is 19.7 Å². The van der Waals surface area contributed by atoms with Crippen molar-refractivity contribution in [2.75, 3.05) is 12.4 Å². The summed E-state index contributed by atoms with van der Waals surface area (Å²) >= 11 is 0. The quantitative estimate of drug-likeness (QED) is 0.677. The lowest BCUT2D eigenvalue weighted by atomic mass is 10.2. The largest absolute Gasteiger partial charge is 0.374 e. The van der Waals surface area contributed by atoms with Crippen molar-refractivity contribution in [3.8, 4) is 5.69 Å². The number of nitro groups is 1. The monoisotopic (exact) mass is 302 g/mol. The van der Waals surface area contributed by atoms with E-state index in [0.29, 0.717) is 11.5 Å². The molecular weight excluding hydrogens is 288 g/mol. The molecule has 1 aromatic carbocycles. The highest BCUT2D eigenvalue weighted by Crippen LogP contribution is 2.32. The van der Waals surface area contributed by atoms with E-state index in [1.54, 1.807) is 13.1 Å². The van der Waals surface area contributed by atoms with Gasteiger partial charge in [0, 0.05) is 31.3 Å². The molecular formula is C14H14N4O4. The van der Waals surface area contributed by atoms with E-state index in [1.165, 1.54) is 33.4 Å². The van der Waals surface area contributed by atoms with Crippen molar-refractivity contribution in [2.24, 2.45) is 0 Å². The van der Waals surface area contributed by atoms with Crippen molar-refractivity contribution in [1.29, 1.82) is 0 Å². The van der Waals surface area contributed by atoms with Gasteiger partial charge >= 0.3 is 5.69 Å². The molecule has 8 heteroatoms. The van der Waals surface area contributed by atoms with E-state index in [0.717, 1.165) is 12.8 Å². The van der Waals surface area contributed by atoms with Gasteiger partial charge in [0.1, 0.15) is 5.82 Å².